The molecule has 6 N–H and O–H groups in total. The predicted molar refractivity (Wildman–Crippen MR) is 262 cm³/mol. The minimum atomic E-state index is -1.33. The first-order valence-electron chi connectivity index (χ1n) is 24.1. The summed E-state index contributed by atoms with van der Waals surface area (Å²) in [7, 11) is 0. The molecule has 0 spiro atoms. The summed E-state index contributed by atoms with van der Waals surface area (Å²) in [6.07, 6.45) is 31.2. The maximum atomic E-state index is 12.5. The zero-order chi connectivity index (χ0) is 47.4. The maximum absolute atomic E-state index is 12.5. The summed E-state index contributed by atoms with van der Waals surface area (Å²) in [5.74, 6) is -3.54. The van der Waals surface area contributed by atoms with E-state index in [0.717, 1.165) is 38.5 Å². The third kappa shape index (κ3) is 31.6. The van der Waals surface area contributed by atoms with Crippen molar-refractivity contribution in [3.8, 4) is 0 Å². The van der Waals surface area contributed by atoms with E-state index in [-0.39, 0.29) is 45.6 Å². The Morgan fingerprint density at radius 1 is 0.571 bits per heavy atom. The third-order valence-corrected chi connectivity index (χ3v) is 16.4. The van der Waals surface area contributed by atoms with Crippen LogP contribution < -0.4 is 21.7 Å². The van der Waals surface area contributed by atoms with Gasteiger partial charge in [0.2, 0.25) is 0 Å². The van der Waals surface area contributed by atoms with Gasteiger partial charge in [-0.05, 0) is 24.7 Å². The number of nitrogens with zero attached hydrogens (tertiary/aromatic N) is 2. The Hall–Kier alpha value is -1.88. The molecule has 2 heterocycles. The number of hydrogen-bond acceptors (Lipinski definition) is 12. The van der Waals surface area contributed by atoms with Crippen LogP contribution in [0.5, 0.6) is 0 Å². The van der Waals surface area contributed by atoms with Crippen molar-refractivity contribution in [3.05, 3.63) is 36.4 Å². The number of carbonyl (C=O) groups is 4. The van der Waals surface area contributed by atoms with Gasteiger partial charge in [0.1, 0.15) is 0 Å². The Balaban J connectivity index is 0.000000929. The molecule has 0 aromatic carbocycles. The number of rotatable bonds is 36. The molecule has 0 aliphatic carbocycles. The van der Waals surface area contributed by atoms with Crippen LogP contribution in [0.2, 0.25) is 8.87 Å². The molecule has 15 heteroatoms. The van der Waals surface area contributed by atoms with E-state index in [1.807, 2.05) is 0 Å². The van der Waals surface area contributed by atoms with Crippen LogP contribution in [0.25, 0.3) is 0 Å². The van der Waals surface area contributed by atoms with E-state index in [0.29, 0.717) is 36.1 Å². The van der Waals surface area contributed by atoms with E-state index in [1.165, 1.54) is 76.9 Å². The average Bonchev–Trinajstić information content (AvgIpc) is 3.97. The molecule has 63 heavy (non-hydrogen) atoms. The molecular formula is C48H86N6O6S2Sn. The Morgan fingerprint density at radius 3 is 1.21 bits per heavy atom. The summed E-state index contributed by atoms with van der Waals surface area (Å²) in [6, 6.07) is -1.58. The van der Waals surface area contributed by atoms with Crippen LogP contribution in [0.15, 0.2) is 25.0 Å². The van der Waals surface area contributed by atoms with Crippen molar-refractivity contribution >= 4 is 69.9 Å². The van der Waals surface area contributed by atoms with Crippen molar-refractivity contribution < 1.29 is 29.4 Å². The molecule has 0 radical (unpaired) electrons. The topological polar surface area (TPSA) is 224 Å². The molecule has 360 valence electrons. The summed E-state index contributed by atoms with van der Waals surface area (Å²) in [6.45, 7) is 13.1. The van der Waals surface area contributed by atoms with E-state index in [4.69, 9.17) is 11.5 Å². The number of aromatic amines is 2. The Kier molecular flexibility index (Phi) is 38.1. The first kappa shape index (κ1) is 61.1. The van der Waals surface area contributed by atoms with Gasteiger partial charge < -0.3 is 41.2 Å². The zero-order valence-electron chi connectivity index (χ0n) is 39.8. The normalized spacial score (nSPS) is 14.0. The Labute approximate surface area is 402 Å². The number of aromatic nitrogens is 4. The number of carboxylic acid groups (broad SMARTS) is 2. The second kappa shape index (κ2) is 39.3. The standard InChI is InChI=1S/2C16H27N3O3S.2C8H17.Sn/c2*1-10(2)5-3-4-6-12(15(23)16(21)22)14(20)13(17)7-11-8-18-9-19-11;2*1-3-5-7-8-6-4-2;/h2*8-10,12-13,15,23H,3-7,17H2,1-2H3,(H,18,19)(H,21,22);2*1,3-8H2,2H3;/q;;;;+2/p-2/t2*12?,13-,15?;;;/m00.../s1. The van der Waals surface area contributed by atoms with E-state index in [9.17, 15) is 29.4 Å². The third-order valence-electron chi connectivity index (χ3n) is 11.2. The van der Waals surface area contributed by atoms with E-state index < -0.39 is 46.4 Å². The number of nitrogens with one attached hydrogen (secondary N) is 2. The van der Waals surface area contributed by atoms with Crippen LogP contribution >= 0.6 is 25.3 Å². The van der Waals surface area contributed by atoms with Crippen LogP contribution in [0, 0.1) is 23.7 Å². The summed E-state index contributed by atoms with van der Waals surface area (Å²) < 4.78 is 3.31. The van der Waals surface area contributed by atoms with Gasteiger partial charge in [0.25, 0.3) is 0 Å². The van der Waals surface area contributed by atoms with Gasteiger partial charge >= 0.3 is 121 Å². The molecule has 0 aliphatic heterocycles. The van der Waals surface area contributed by atoms with Crippen molar-refractivity contribution in [2.75, 3.05) is 0 Å². The molecule has 0 bridgehead atoms. The number of imidazole rings is 2. The molecule has 0 aliphatic rings. The number of aliphatic carboxylic acids is 2. The fourth-order valence-corrected chi connectivity index (χ4v) is 11.4. The van der Waals surface area contributed by atoms with Gasteiger partial charge in [-0.25, -0.2) is 9.97 Å². The zero-order valence-corrected chi connectivity index (χ0v) is 44.4. The second-order valence-electron chi connectivity index (χ2n) is 17.9. The van der Waals surface area contributed by atoms with Gasteiger partial charge in [0, 0.05) is 37.1 Å². The number of H-pyrrole nitrogens is 2. The summed E-state index contributed by atoms with van der Waals surface area (Å²) in [4.78, 5) is 61.0. The summed E-state index contributed by atoms with van der Waals surface area (Å²) >= 11 is 8.17. The molecule has 0 amide bonds. The molecule has 2 aromatic rings. The number of unbranched alkanes of at least 4 members (excludes halogenated alkanes) is 12. The number of carbonyl (C=O) groups excluding carboxylic acids is 4. The second-order valence-corrected chi connectivity index (χ2v) is 23.3. The number of hydrogen-bond donors (Lipinski definition) is 6. The number of ketones is 2. The Bertz CT molecular complexity index is 1310. The Morgan fingerprint density at radius 2 is 0.905 bits per heavy atom. The molecule has 0 saturated heterocycles. The van der Waals surface area contributed by atoms with Crippen LogP contribution in [-0.2, 0) is 32.0 Å². The average molecular weight is 1030 g/mol. The molecule has 0 fully saturated rings. The quantitative estimate of drug-likeness (QED) is 0.0222. The first-order valence-corrected chi connectivity index (χ1v) is 29.2. The van der Waals surface area contributed by atoms with Gasteiger partial charge in [-0.1, -0.05) is 66.2 Å². The van der Waals surface area contributed by atoms with Gasteiger partial charge in [0.15, 0.2) is 11.6 Å². The van der Waals surface area contributed by atoms with Crippen molar-refractivity contribution in [2.45, 2.75) is 214 Å². The van der Waals surface area contributed by atoms with Crippen LogP contribution in [0.4, 0.5) is 0 Å². The predicted octanol–water partition coefficient (Wildman–Crippen LogP) is 7.71. The van der Waals surface area contributed by atoms with Crippen LogP contribution in [-0.4, -0.2) is 87.2 Å². The van der Waals surface area contributed by atoms with E-state index in [2.05, 4.69) is 86.7 Å². The number of Topliss-reactive ketones (excluding diaryl/α,β-unsaturated/α-hetero) is 2. The van der Waals surface area contributed by atoms with Gasteiger partial charge in [-0.15, -0.1) is 0 Å². The van der Waals surface area contributed by atoms with Gasteiger partial charge in [-0.3, -0.25) is 9.59 Å². The van der Waals surface area contributed by atoms with Gasteiger partial charge in [0.05, 0.1) is 58.6 Å². The van der Waals surface area contributed by atoms with Crippen LogP contribution in [0.3, 0.4) is 0 Å². The monoisotopic (exact) mass is 1030 g/mol. The van der Waals surface area contributed by atoms with Crippen LogP contribution in [0.1, 0.15) is 181 Å². The van der Waals surface area contributed by atoms with Crippen molar-refractivity contribution in [1.29, 1.82) is 0 Å². The van der Waals surface area contributed by atoms with E-state index >= 15 is 0 Å². The fraction of sp³-hybridized carbons (Fsp3) is 0.792. The van der Waals surface area contributed by atoms with Crippen molar-refractivity contribution in [3.63, 3.8) is 0 Å². The van der Waals surface area contributed by atoms with Crippen molar-refractivity contribution in [2.24, 2.45) is 35.1 Å². The molecular weight excluding hydrogens is 939 g/mol. The molecule has 12 nitrogen and oxygen atoms in total. The fourth-order valence-electron chi connectivity index (χ4n) is 7.27. The van der Waals surface area contributed by atoms with Gasteiger partial charge in [-0.2, -0.15) is 25.3 Å². The van der Waals surface area contributed by atoms with E-state index in [1.54, 1.807) is 34.1 Å². The number of thiol groups is 2. The first-order chi connectivity index (χ1) is 30.1. The molecule has 6 atom stereocenters. The van der Waals surface area contributed by atoms with Crippen molar-refractivity contribution in [1.82, 2.24) is 19.9 Å². The summed E-state index contributed by atoms with van der Waals surface area (Å²) in [5.41, 5.74) is 13.2. The number of carboxylic acids is 2. The number of nitrogens with two attached hydrogens (primary N) is 2. The molecule has 4 unspecified atom stereocenters. The molecule has 0 saturated carbocycles. The molecule has 2 aromatic heterocycles. The summed E-state index contributed by atoms with van der Waals surface area (Å²) in [5, 5.41) is 20.0. The SMILES string of the molecule is CC(C)CCCCC(C(=O)[C@@H](N)Cc1c[nH]cn1)C(S)C(=O)[O-].CC(C)CCCCC(C(=O)[C@@H](N)Cc1c[nH]cn1)C(S)C(=O)[O-].CCCCCCC[CH2][Sn+2][CH2]CCCCCCC. The minimum absolute atomic E-state index is 0.0736. The molecule has 2 rings (SSSR count).